The lowest BCUT2D eigenvalue weighted by Crippen LogP contribution is -2.38. The molecule has 2 amide bonds. The Hall–Kier alpha value is -1.57. The van der Waals surface area contributed by atoms with E-state index in [0.717, 1.165) is 12.8 Å². The Kier molecular flexibility index (Phi) is 4.78. The van der Waals surface area contributed by atoms with E-state index in [1.54, 1.807) is 0 Å². The average molecular weight is 263 g/mol. The normalized spacial score (nSPS) is 24.9. The Morgan fingerprint density at radius 2 is 2.00 bits per heavy atom. The van der Waals surface area contributed by atoms with Crippen LogP contribution >= 0.6 is 0 Å². The van der Waals surface area contributed by atoms with Crippen LogP contribution in [-0.2, 0) is 9.59 Å². The maximum absolute atomic E-state index is 12.1. The third-order valence-corrected chi connectivity index (χ3v) is 4.14. The van der Waals surface area contributed by atoms with Crippen LogP contribution in [0.15, 0.2) is 0 Å². The first-order chi connectivity index (χ1) is 9.22. The van der Waals surface area contributed by atoms with Gasteiger partial charge < -0.3 is 10.2 Å². The first-order valence-corrected chi connectivity index (χ1v) is 7.16. The maximum atomic E-state index is 12.1. The van der Waals surface area contributed by atoms with Gasteiger partial charge in [0.25, 0.3) is 0 Å². The van der Waals surface area contributed by atoms with Gasteiger partial charge in [0, 0.05) is 19.0 Å². The fourth-order valence-electron chi connectivity index (χ4n) is 3.10. The number of nitrogens with zero attached hydrogens (tertiary/aromatic N) is 2. The van der Waals surface area contributed by atoms with Crippen molar-refractivity contribution in [2.24, 2.45) is 5.92 Å². The second kappa shape index (κ2) is 6.55. The number of hydrogen-bond donors (Lipinski definition) is 1. The summed E-state index contributed by atoms with van der Waals surface area (Å²) in [5, 5.41) is 11.0. The van der Waals surface area contributed by atoms with Gasteiger partial charge in [-0.25, -0.2) is 0 Å². The van der Waals surface area contributed by atoms with E-state index in [4.69, 9.17) is 5.26 Å². The minimum Gasteiger partial charge on any atom is -0.343 e. The van der Waals surface area contributed by atoms with Crippen LogP contribution in [-0.4, -0.2) is 35.8 Å². The standard InChI is InChI=1S/C14H21N3O2/c15-7-8-16-14(19)11-9-13(18)17(10-11)12-5-3-1-2-4-6-12/h11-12H,1-6,8-10H2,(H,16,19)/t11-/m0/s1. The van der Waals surface area contributed by atoms with Gasteiger partial charge in [-0.15, -0.1) is 0 Å². The molecular formula is C14H21N3O2. The van der Waals surface area contributed by atoms with Crippen molar-refractivity contribution in [2.75, 3.05) is 13.1 Å². The van der Waals surface area contributed by atoms with E-state index in [9.17, 15) is 9.59 Å². The average Bonchev–Trinajstić information content (AvgIpc) is 2.64. The first-order valence-electron chi connectivity index (χ1n) is 7.16. The van der Waals surface area contributed by atoms with Crippen molar-refractivity contribution in [1.29, 1.82) is 5.26 Å². The number of nitrogens with one attached hydrogen (secondary N) is 1. The number of carbonyl (C=O) groups is 2. The third-order valence-electron chi connectivity index (χ3n) is 4.14. The highest BCUT2D eigenvalue weighted by Gasteiger charge is 2.37. The van der Waals surface area contributed by atoms with Gasteiger partial charge in [-0.2, -0.15) is 5.26 Å². The quantitative estimate of drug-likeness (QED) is 0.614. The fourth-order valence-corrected chi connectivity index (χ4v) is 3.10. The van der Waals surface area contributed by atoms with Crippen LogP contribution in [0.5, 0.6) is 0 Å². The number of hydrogen-bond acceptors (Lipinski definition) is 3. The molecule has 0 bridgehead atoms. The Morgan fingerprint density at radius 3 is 2.63 bits per heavy atom. The first kappa shape index (κ1) is 13.9. The molecular weight excluding hydrogens is 242 g/mol. The largest absolute Gasteiger partial charge is 0.343 e. The van der Waals surface area contributed by atoms with E-state index in [1.165, 1.54) is 25.7 Å². The highest BCUT2D eigenvalue weighted by atomic mass is 16.2. The zero-order chi connectivity index (χ0) is 13.7. The summed E-state index contributed by atoms with van der Waals surface area (Å²) < 4.78 is 0. The molecule has 2 aliphatic rings. The maximum Gasteiger partial charge on any atom is 0.226 e. The molecule has 0 aromatic rings. The fraction of sp³-hybridized carbons (Fsp3) is 0.786. The molecule has 0 spiro atoms. The molecule has 1 heterocycles. The predicted molar refractivity (Wildman–Crippen MR) is 69.9 cm³/mol. The number of rotatable bonds is 3. The van der Waals surface area contributed by atoms with E-state index in [-0.39, 0.29) is 24.3 Å². The highest BCUT2D eigenvalue weighted by Crippen LogP contribution is 2.28. The molecule has 1 saturated carbocycles. The molecule has 1 aliphatic carbocycles. The second-order valence-corrected chi connectivity index (χ2v) is 5.47. The SMILES string of the molecule is N#CCNC(=O)[C@H]1CC(=O)N(C2CCCCCC2)C1. The zero-order valence-electron chi connectivity index (χ0n) is 11.2. The summed E-state index contributed by atoms with van der Waals surface area (Å²) in [6.45, 7) is 0.549. The Morgan fingerprint density at radius 1 is 1.32 bits per heavy atom. The smallest absolute Gasteiger partial charge is 0.226 e. The van der Waals surface area contributed by atoms with Crippen molar-refractivity contribution in [1.82, 2.24) is 10.2 Å². The van der Waals surface area contributed by atoms with Crippen LogP contribution in [0, 0.1) is 17.2 Å². The van der Waals surface area contributed by atoms with Crippen LogP contribution in [0.3, 0.4) is 0 Å². The lowest BCUT2D eigenvalue weighted by atomic mass is 10.1. The number of amides is 2. The highest BCUT2D eigenvalue weighted by molar-refractivity contribution is 5.89. The summed E-state index contributed by atoms with van der Waals surface area (Å²) in [4.78, 5) is 25.8. The van der Waals surface area contributed by atoms with Gasteiger partial charge in [0.2, 0.25) is 11.8 Å². The lowest BCUT2D eigenvalue weighted by Gasteiger charge is -2.27. The van der Waals surface area contributed by atoms with Crippen molar-refractivity contribution in [2.45, 2.75) is 51.0 Å². The summed E-state index contributed by atoms with van der Waals surface area (Å²) in [5.41, 5.74) is 0. The molecule has 5 heteroatoms. The van der Waals surface area contributed by atoms with E-state index >= 15 is 0 Å². The molecule has 0 radical (unpaired) electrons. The van der Waals surface area contributed by atoms with Crippen molar-refractivity contribution < 1.29 is 9.59 Å². The molecule has 1 aliphatic heterocycles. The Labute approximate surface area is 113 Å². The van der Waals surface area contributed by atoms with Crippen LogP contribution in [0.25, 0.3) is 0 Å². The summed E-state index contributed by atoms with van der Waals surface area (Å²) in [6.07, 6.45) is 7.30. The molecule has 1 saturated heterocycles. The minimum atomic E-state index is -0.274. The van der Waals surface area contributed by atoms with Gasteiger partial charge in [0.05, 0.1) is 12.0 Å². The molecule has 1 N–H and O–H groups in total. The molecule has 2 rings (SSSR count). The van der Waals surface area contributed by atoms with Crippen LogP contribution in [0.4, 0.5) is 0 Å². The van der Waals surface area contributed by atoms with Crippen LogP contribution in [0.1, 0.15) is 44.9 Å². The topological polar surface area (TPSA) is 73.2 Å². The van der Waals surface area contributed by atoms with E-state index in [1.807, 2.05) is 11.0 Å². The van der Waals surface area contributed by atoms with Crippen molar-refractivity contribution >= 4 is 11.8 Å². The van der Waals surface area contributed by atoms with Crippen LogP contribution in [0.2, 0.25) is 0 Å². The molecule has 0 aromatic carbocycles. The summed E-state index contributed by atoms with van der Waals surface area (Å²) in [7, 11) is 0. The number of likely N-dealkylation sites (tertiary alicyclic amines) is 1. The minimum absolute atomic E-state index is 0.0208. The molecule has 0 aromatic heterocycles. The van der Waals surface area contributed by atoms with Gasteiger partial charge in [-0.1, -0.05) is 25.7 Å². The zero-order valence-corrected chi connectivity index (χ0v) is 11.2. The molecule has 5 nitrogen and oxygen atoms in total. The van der Waals surface area contributed by atoms with Gasteiger partial charge in [-0.05, 0) is 12.8 Å². The Bertz CT molecular complexity index is 381. The predicted octanol–water partition coefficient (Wildman–Crippen LogP) is 1.20. The lowest BCUT2D eigenvalue weighted by molar-refractivity contribution is -0.130. The van der Waals surface area contributed by atoms with Gasteiger partial charge in [0.15, 0.2) is 0 Å². The molecule has 0 unspecified atom stereocenters. The van der Waals surface area contributed by atoms with E-state index in [0.29, 0.717) is 19.0 Å². The van der Waals surface area contributed by atoms with Crippen molar-refractivity contribution in [3.8, 4) is 6.07 Å². The van der Waals surface area contributed by atoms with Gasteiger partial charge in [-0.3, -0.25) is 9.59 Å². The van der Waals surface area contributed by atoms with Crippen molar-refractivity contribution in [3.05, 3.63) is 0 Å². The van der Waals surface area contributed by atoms with Crippen molar-refractivity contribution in [3.63, 3.8) is 0 Å². The summed E-state index contributed by atoms with van der Waals surface area (Å²) in [6, 6.07) is 2.21. The number of carbonyl (C=O) groups excluding carboxylic acids is 2. The summed E-state index contributed by atoms with van der Waals surface area (Å²) >= 11 is 0. The number of nitriles is 1. The Balaban J connectivity index is 1.91. The molecule has 19 heavy (non-hydrogen) atoms. The van der Waals surface area contributed by atoms with E-state index < -0.39 is 0 Å². The molecule has 104 valence electrons. The molecule has 2 fully saturated rings. The van der Waals surface area contributed by atoms with Crippen LogP contribution < -0.4 is 5.32 Å². The second-order valence-electron chi connectivity index (χ2n) is 5.47. The molecule has 1 atom stereocenters. The summed E-state index contributed by atoms with van der Waals surface area (Å²) in [5.74, 6) is -0.334. The monoisotopic (exact) mass is 263 g/mol. The van der Waals surface area contributed by atoms with Gasteiger partial charge >= 0.3 is 0 Å². The third kappa shape index (κ3) is 3.46. The van der Waals surface area contributed by atoms with Gasteiger partial charge in [0.1, 0.15) is 6.54 Å². The van der Waals surface area contributed by atoms with E-state index in [2.05, 4.69) is 5.32 Å².